The summed E-state index contributed by atoms with van der Waals surface area (Å²) in [6.07, 6.45) is 18.3. The van der Waals surface area contributed by atoms with Gasteiger partial charge in [0.25, 0.3) is 0 Å². The molecule has 1 aromatic rings. The van der Waals surface area contributed by atoms with E-state index in [9.17, 15) is 24.0 Å². The summed E-state index contributed by atoms with van der Waals surface area (Å²) in [6.45, 7) is 66.4. The standard InChI is InChI=1S/C12H23N.C11H15NO.C10H19NO.C9H17NO.C8H17NO.C7H15NO.2C7H15N.C6H13N.CH4/c1-10(2)11(3)13-9-12-7-5-4-6-8-12;1-9(2)11(13)12-8-10-6-4-3-5-7-10;1-8(2)10(12)11-9-6-4-3-5-7-9;1-7(2)9(11)10-8-5-3-4-6-8;1-6(2)7(10)9-8(3,4)5;1-5(2)7(9)8-6(3)4;1-6(2)7(3)8(4)5;1-5-8-7(4)6(2)3;1-5(2)6(3)7-4;/h10,12-13H,3-9H2,1-2H3;3-7,9H,8H2,1-2H3,(H,12,13);8-9H,3-7H2,1-2H3,(H,11,12);7-8H,3-6H2,1-2H3,(H,10,11);6H,1-5H3,(H,9,10);5-6H,1-4H3,(H,8,9);6H,3H2,1-2,4-5H3;6,8H,4-5H2,1-3H3;5,7H,3H2,1-2,4H3;1H4. The van der Waals surface area contributed by atoms with Crippen molar-refractivity contribution in [3.8, 4) is 0 Å². The number of benzene rings is 1. The highest BCUT2D eigenvalue weighted by atomic mass is 16.2. The summed E-state index contributed by atoms with van der Waals surface area (Å²) in [4.78, 5) is 57.6. The van der Waals surface area contributed by atoms with Crippen LogP contribution in [0.15, 0.2) is 79.4 Å². The molecule has 0 aliphatic heterocycles. The Morgan fingerprint density at radius 2 is 0.826 bits per heavy atom. The van der Waals surface area contributed by atoms with Crippen LogP contribution in [0.2, 0.25) is 0 Å². The Labute approximate surface area is 570 Å². The van der Waals surface area contributed by atoms with Crippen LogP contribution in [0.1, 0.15) is 269 Å². The summed E-state index contributed by atoms with van der Waals surface area (Å²) in [5.74, 6) is 4.45. The highest BCUT2D eigenvalue weighted by Crippen LogP contribution is 2.23. The summed E-state index contributed by atoms with van der Waals surface area (Å²) in [6, 6.07) is 11.1. The minimum absolute atomic E-state index is 0. The number of rotatable bonds is 21. The molecule has 14 nitrogen and oxygen atoms in total. The number of carbonyl (C=O) groups excluding carboxylic acids is 5. The van der Waals surface area contributed by atoms with Crippen LogP contribution in [0, 0.1) is 59.2 Å². The number of nitrogens with one attached hydrogen (secondary N) is 8. The molecule has 0 aromatic heterocycles. The van der Waals surface area contributed by atoms with Crippen molar-refractivity contribution in [2.75, 3.05) is 34.2 Å². The zero-order valence-electron chi connectivity index (χ0n) is 64.2. The fraction of sp³-hybridized carbons (Fsp3) is 0.756. The lowest BCUT2D eigenvalue weighted by Gasteiger charge is -2.23. The average molecular weight is 1300 g/mol. The summed E-state index contributed by atoms with van der Waals surface area (Å²) >= 11 is 0. The van der Waals surface area contributed by atoms with Crippen molar-refractivity contribution in [2.24, 2.45) is 59.2 Å². The third-order valence-electron chi connectivity index (χ3n) is 14.9. The van der Waals surface area contributed by atoms with Crippen molar-refractivity contribution in [3.05, 3.63) is 85.0 Å². The fourth-order valence-electron chi connectivity index (χ4n) is 8.11. The van der Waals surface area contributed by atoms with Gasteiger partial charge in [0, 0.05) is 117 Å². The second kappa shape index (κ2) is 58.3. The van der Waals surface area contributed by atoms with Crippen LogP contribution in [-0.2, 0) is 30.5 Å². The highest BCUT2D eigenvalue weighted by molar-refractivity contribution is 5.79. The number of allylic oxidation sites excluding steroid dienone is 4. The predicted octanol–water partition coefficient (Wildman–Crippen LogP) is 17.3. The highest BCUT2D eigenvalue weighted by Gasteiger charge is 2.20. The van der Waals surface area contributed by atoms with E-state index >= 15 is 0 Å². The van der Waals surface area contributed by atoms with Crippen molar-refractivity contribution in [2.45, 2.75) is 294 Å². The Hall–Kier alpha value is -5.27. The molecule has 1 aromatic carbocycles. The maximum atomic E-state index is 11.3. The molecule has 3 fully saturated rings. The second-order valence-electron chi connectivity index (χ2n) is 29.0. The molecule has 0 saturated heterocycles. The van der Waals surface area contributed by atoms with Gasteiger partial charge in [-0.2, -0.15) is 0 Å². The molecular formula is C78H153N9O5. The van der Waals surface area contributed by atoms with Gasteiger partial charge in [0.05, 0.1) is 0 Å². The van der Waals surface area contributed by atoms with Gasteiger partial charge in [-0.05, 0) is 115 Å². The van der Waals surface area contributed by atoms with Crippen molar-refractivity contribution < 1.29 is 24.0 Å². The van der Waals surface area contributed by atoms with Crippen LogP contribution in [0.5, 0.6) is 0 Å². The quantitative estimate of drug-likeness (QED) is 0.0593. The molecule has 3 aliphatic rings. The maximum Gasteiger partial charge on any atom is 0.222 e. The first kappa shape index (κ1) is 97.8. The zero-order valence-corrected chi connectivity index (χ0v) is 64.2. The van der Waals surface area contributed by atoms with E-state index in [2.05, 4.69) is 131 Å². The van der Waals surface area contributed by atoms with Gasteiger partial charge in [-0.15, -0.1) is 0 Å². The third kappa shape index (κ3) is 62.2. The molecule has 0 heterocycles. The van der Waals surface area contributed by atoms with Gasteiger partial charge in [-0.25, -0.2) is 0 Å². The summed E-state index contributed by atoms with van der Waals surface area (Å²) in [7, 11) is 5.92. The maximum absolute atomic E-state index is 11.3. The predicted molar refractivity (Wildman–Crippen MR) is 403 cm³/mol. The lowest BCUT2D eigenvalue weighted by Crippen LogP contribution is -2.42. The monoisotopic (exact) mass is 1300 g/mol. The van der Waals surface area contributed by atoms with Gasteiger partial charge in [0.1, 0.15) is 0 Å². The Balaban J connectivity index is -0.000000228. The molecule has 4 rings (SSSR count). The molecule has 3 aliphatic carbocycles. The Morgan fingerprint density at radius 3 is 1.08 bits per heavy atom. The number of hydrogen-bond donors (Lipinski definition) is 8. The van der Waals surface area contributed by atoms with Crippen LogP contribution < -0.4 is 42.5 Å². The molecule has 3 saturated carbocycles. The molecule has 8 N–H and O–H groups in total. The fourth-order valence-corrected chi connectivity index (χ4v) is 8.11. The molecule has 92 heavy (non-hydrogen) atoms. The van der Waals surface area contributed by atoms with Crippen molar-refractivity contribution in [3.63, 3.8) is 0 Å². The van der Waals surface area contributed by atoms with E-state index < -0.39 is 0 Å². The first-order chi connectivity index (χ1) is 42.1. The summed E-state index contributed by atoms with van der Waals surface area (Å²) in [5, 5.41) is 24.2. The molecule has 0 spiro atoms. The minimum atomic E-state index is -0.0959. The van der Waals surface area contributed by atoms with Crippen molar-refractivity contribution in [1.29, 1.82) is 0 Å². The van der Waals surface area contributed by atoms with Gasteiger partial charge >= 0.3 is 0 Å². The zero-order chi connectivity index (χ0) is 71.6. The third-order valence-corrected chi connectivity index (χ3v) is 14.9. The van der Waals surface area contributed by atoms with Crippen LogP contribution in [0.4, 0.5) is 0 Å². The van der Waals surface area contributed by atoms with E-state index in [1.165, 1.54) is 101 Å². The van der Waals surface area contributed by atoms with E-state index in [4.69, 9.17) is 0 Å². The topological polar surface area (TPSA) is 185 Å². The van der Waals surface area contributed by atoms with Gasteiger partial charge in [0.2, 0.25) is 29.5 Å². The van der Waals surface area contributed by atoms with E-state index in [0.717, 1.165) is 36.0 Å². The van der Waals surface area contributed by atoms with E-state index in [0.29, 0.717) is 42.3 Å². The van der Waals surface area contributed by atoms with Gasteiger partial charge in [-0.3, -0.25) is 24.0 Å². The smallest absolute Gasteiger partial charge is 0.222 e. The number of hydrogen-bond acceptors (Lipinski definition) is 9. The molecule has 0 atom stereocenters. The van der Waals surface area contributed by atoms with E-state index in [1.807, 2.05) is 160 Å². The first-order valence-electron chi connectivity index (χ1n) is 35.2. The van der Waals surface area contributed by atoms with Gasteiger partial charge < -0.3 is 47.4 Å². The number of amides is 5. The molecule has 0 radical (unpaired) electrons. The molecule has 540 valence electrons. The van der Waals surface area contributed by atoms with Gasteiger partial charge in [-0.1, -0.05) is 240 Å². The van der Waals surface area contributed by atoms with E-state index in [-0.39, 0.29) is 78.1 Å². The molecule has 0 unspecified atom stereocenters. The lowest BCUT2D eigenvalue weighted by atomic mass is 9.89. The van der Waals surface area contributed by atoms with Crippen LogP contribution >= 0.6 is 0 Å². The van der Waals surface area contributed by atoms with E-state index in [1.54, 1.807) is 0 Å². The Bertz CT molecular complexity index is 2040. The molecular weight excluding hydrogens is 1140 g/mol. The normalized spacial score (nSPS) is 13.6. The van der Waals surface area contributed by atoms with Crippen molar-refractivity contribution >= 4 is 29.5 Å². The average Bonchev–Trinajstić information content (AvgIpc) is 3.14. The SMILES string of the molecule is C.C=C(C(C)C)N(C)C.C=C(NC)C(C)C.C=C(NCC)C(C)C.C=C(NCC1CCCCC1)C(C)C.CC(C)C(=O)NC(C)(C)C.CC(C)C(=O)NC1CCCC1.CC(C)C(=O)NC1CCCCC1.CC(C)C(=O)NCc1ccccc1.CC(C)NC(=O)C(C)C. The Morgan fingerprint density at radius 1 is 0.467 bits per heavy atom. The first-order valence-corrected chi connectivity index (χ1v) is 35.2. The Kier molecular flexibility index (Phi) is 62.0. The largest absolute Gasteiger partial charge is 0.392 e. The van der Waals surface area contributed by atoms with Crippen molar-refractivity contribution in [1.82, 2.24) is 47.4 Å². The minimum Gasteiger partial charge on any atom is -0.392 e. The molecule has 5 amide bonds. The lowest BCUT2D eigenvalue weighted by molar-refractivity contribution is -0.126. The molecule has 0 bridgehead atoms. The van der Waals surface area contributed by atoms with Crippen LogP contribution in [-0.4, -0.2) is 92.3 Å². The molecule has 14 heteroatoms. The number of carbonyl (C=O) groups is 5. The second-order valence-corrected chi connectivity index (χ2v) is 29.0. The summed E-state index contributed by atoms with van der Waals surface area (Å²) in [5.41, 5.74) is 5.65. The summed E-state index contributed by atoms with van der Waals surface area (Å²) < 4.78 is 0. The van der Waals surface area contributed by atoms with Crippen LogP contribution in [0.25, 0.3) is 0 Å². The number of nitrogens with zero attached hydrogens (tertiary/aromatic N) is 1. The van der Waals surface area contributed by atoms with Crippen LogP contribution in [0.3, 0.4) is 0 Å². The van der Waals surface area contributed by atoms with Gasteiger partial charge in [0.15, 0.2) is 0 Å².